The van der Waals surface area contributed by atoms with Crippen LogP contribution in [0.3, 0.4) is 0 Å². The summed E-state index contributed by atoms with van der Waals surface area (Å²) in [5.41, 5.74) is 1.18. The Labute approximate surface area is 107 Å². The summed E-state index contributed by atoms with van der Waals surface area (Å²) < 4.78 is 26.4. The van der Waals surface area contributed by atoms with Gasteiger partial charge in [-0.3, -0.25) is 0 Å². The van der Waals surface area contributed by atoms with Gasteiger partial charge < -0.3 is 0 Å². The fourth-order valence-electron chi connectivity index (χ4n) is 2.46. The van der Waals surface area contributed by atoms with E-state index in [0.717, 1.165) is 17.6 Å². The van der Waals surface area contributed by atoms with Crippen LogP contribution < -0.4 is 0 Å². The van der Waals surface area contributed by atoms with E-state index in [1.54, 1.807) is 6.08 Å². The van der Waals surface area contributed by atoms with E-state index in [0.29, 0.717) is 12.8 Å². The van der Waals surface area contributed by atoms with E-state index < -0.39 is 11.8 Å². The SMILES string of the molecule is CCCC1(C(F)F)C=CC(c2ccccc2)=CC1. The van der Waals surface area contributed by atoms with E-state index >= 15 is 0 Å². The van der Waals surface area contributed by atoms with Crippen LogP contribution in [-0.4, -0.2) is 6.43 Å². The first-order valence-electron chi connectivity index (χ1n) is 6.41. The van der Waals surface area contributed by atoms with Gasteiger partial charge in [-0.1, -0.05) is 61.9 Å². The maximum atomic E-state index is 13.2. The van der Waals surface area contributed by atoms with Gasteiger partial charge in [0.05, 0.1) is 5.41 Å². The first-order chi connectivity index (χ1) is 8.68. The third kappa shape index (κ3) is 2.53. The first kappa shape index (κ1) is 13.0. The number of halogens is 2. The molecule has 18 heavy (non-hydrogen) atoms. The van der Waals surface area contributed by atoms with Crippen molar-refractivity contribution < 1.29 is 8.78 Å². The molecule has 1 unspecified atom stereocenters. The van der Waals surface area contributed by atoms with Gasteiger partial charge in [-0.2, -0.15) is 0 Å². The molecular formula is C16H18F2. The van der Waals surface area contributed by atoms with Crippen LogP contribution in [0.1, 0.15) is 31.7 Å². The molecular weight excluding hydrogens is 230 g/mol. The zero-order chi connectivity index (χ0) is 13.0. The maximum absolute atomic E-state index is 13.2. The summed E-state index contributed by atoms with van der Waals surface area (Å²) in [6.45, 7) is 1.95. The maximum Gasteiger partial charge on any atom is 0.247 e. The lowest BCUT2D eigenvalue weighted by Gasteiger charge is -2.31. The molecule has 0 aromatic heterocycles. The molecule has 1 aliphatic rings. The predicted octanol–water partition coefficient (Wildman–Crippen LogP) is 5.08. The smallest absolute Gasteiger partial charge is 0.210 e. The topological polar surface area (TPSA) is 0 Å². The Morgan fingerprint density at radius 2 is 1.94 bits per heavy atom. The van der Waals surface area contributed by atoms with Gasteiger partial charge in [-0.05, 0) is 24.0 Å². The van der Waals surface area contributed by atoms with E-state index in [1.807, 2.05) is 49.4 Å². The number of hydrogen-bond donors (Lipinski definition) is 0. The Morgan fingerprint density at radius 3 is 2.44 bits per heavy atom. The summed E-state index contributed by atoms with van der Waals surface area (Å²) in [5.74, 6) is 0. The highest BCUT2D eigenvalue weighted by atomic mass is 19.3. The molecule has 0 heterocycles. The molecule has 2 rings (SSSR count). The number of benzene rings is 1. The Balaban J connectivity index is 2.20. The second kappa shape index (κ2) is 5.47. The molecule has 0 spiro atoms. The highest BCUT2D eigenvalue weighted by Crippen LogP contribution is 2.41. The Morgan fingerprint density at radius 1 is 1.22 bits per heavy atom. The van der Waals surface area contributed by atoms with E-state index in [2.05, 4.69) is 0 Å². The molecule has 0 bridgehead atoms. The van der Waals surface area contributed by atoms with Gasteiger partial charge in [0, 0.05) is 0 Å². The number of alkyl halides is 2. The van der Waals surface area contributed by atoms with Gasteiger partial charge >= 0.3 is 0 Å². The van der Waals surface area contributed by atoms with Crippen molar-refractivity contribution in [2.24, 2.45) is 5.41 Å². The summed E-state index contributed by atoms with van der Waals surface area (Å²) in [6, 6.07) is 9.89. The van der Waals surface area contributed by atoms with Gasteiger partial charge in [-0.25, -0.2) is 8.78 Å². The highest BCUT2D eigenvalue weighted by molar-refractivity contribution is 5.75. The van der Waals surface area contributed by atoms with Crippen molar-refractivity contribution in [1.29, 1.82) is 0 Å². The van der Waals surface area contributed by atoms with Gasteiger partial charge in [0.15, 0.2) is 0 Å². The molecule has 0 saturated heterocycles. The molecule has 1 aromatic rings. The van der Waals surface area contributed by atoms with Gasteiger partial charge in [0.2, 0.25) is 6.43 Å². The molecule has 1 aliphatic carbocycles. The summed E-state index contributed by atoms with van der Waals surface area (Å²) in [5, 5.41) is 0. The van der Waals surface area contributed by atoms with Crippen molar-refractivity contribution >= 4 is 5.57 Å². The number of allylic oxidation sites excluding steroid dienone is 4. The van der Waals surface area contributed by atoms with Crippen LogP contribution in [0.15, 0.2) is 48.6 Å². The molecule has 1 atom stereocenters. The van der Waals surface area contributed by atoms with Gasteiger partial charge in [0.1, 0.15) is 0 Å². The molecule has 0 radical (unpaired) electrons. The molecule has 96 valence electrons. The minimum absolute atomic E-state index is 0.430. The normalized spacial score (nSPS) is 23.2. The van der Waals surface area contributed by atoms with Crippen LogP contribution in [0.5, 0.6) is 0 Å². The lowest BCUT2D eigenvalue weighted by molar-refractivity contribution is 0.0226. The zero-order valence-electron chi connectivity index (χ0n) is 10.6. The summed E-state index contributed by atoms with van der Waals surface area (Å²) in [7, 11) is 0. The second-order valence-electron chi connectivity index (χ2n) is 4.85. The van der Waals surface area contributed by atoms with Gasteiger partial charge in [0.25, 0.3) is 0 Å². The molecule has 0 nitrogen and oxygen atoms in total. The zero-order valence-corrected chi connectivity index (χ0v) is 10.6. The van der Waals surface area contributed by atoms with Crippen LogP contribution in [-0.2, 0) is 0 Å². The number of hydrogen-bond acceptors (Lipinski definition) is 0. The third-order valence-electron chi connectivity index (χ3n) is 3.55. The average Bonchev–Trinajstić information content (AvgIpc) is 2.41. The van der Waals surface area contributed by atoms with Crippen LogP contribution in [0.4, 0.5) is 8.78 Å². The molecule has 1 aromatic carbocycles. The fraction of sp³-hybridized carbons (Fsp3) is 0.375. The average molecular weight is 248 g/mol. The first-order valence-corrected chi connectivity index (χ1v) is 6.41. The third-order valence-corrected chi connectivity index (χ3v) is 3.55. The summed E-state index contributed by atoms with van der Waals surface area (Å²) >= 11 is 0. The standard InChI is InChI=1S/C16H18F2/c1-2-10-16(15(17)18)11-8-14(9-12-16)13-6-4-3-5-7-13/h3-9,11,15H,2,10,12H2,1H3. The Bertz CT molecular complexity index is 445. The van der Waals surface area contributed by atoms with E-state index in [9.17, 15) is 8.78 Å². The van der Waals surface area contributed by atoms with E-state index in [1.165, 1.54) is 0 Å². The highest BCUT2D eigenvalue weighted by Gasteiger charge is 2.37. The minimum atomic E-state index is -2.29. The summed E-state index contributed by atoms with van der Waals surface area (Å²) in [6.07, 6.45) is 4.96. The number of rotatable bonds is 4. The van der Waals surface area contributed by atoms with Crippen LogP contribution in [0.2, 0.25) is 0 Å². The molecule has 0 aliphatic heterocycles. The lowest BCUT2D eigenvalue weighted by Crippen LogP contribution is -2.28. The van der Waals surface area contributed by atoms with Crippen molar-refractivity contribution in [3.05, 3.63) is 54.1 Å². The molecule has 2 heteroatoms. The van der Waals surface area contributed by atoms with E-state index in [-0.39, 0.29) is 0 Å². The largest absolute Gasteiger partial charge is 0.247 e. The molecule has 0 N–H and O–H groups in total. The van der Waals surface area contributed by atoms with Crippen molar-refractivity contribution in [3.8, 4) is 0 Å². The fourth-order valence-corrected chi connectivity index (χ4v) is 2.46. The van der Waals surface area contributed by atoms with Crippen molar-refractivity contribution in [3.63, 3.8) is 0 Å². The second-order valence-corrected chi connectivity index (χ2v) is 4.85. The molecule has 0 fully saturated rings. The van der Waals surface area contributed by atoms with Crippen molar-refractivity contribution in [2.45, 2.75) is 32.6 Å². The van der Waals surface area contributed by atoms with Crippen molar-refractivity contribution in [2.75, 3.05) is 0 Å². The molecule has 0 saturated carbocycles. The monoisotopic (exact) mass is 248 g/mol. The van der Waals surface area contributed by atoms with Crippen LogP contribution in [0.25, 0.3) is 5.57 Å². The van der Waals surface area contributed by atoms with Crippen molar-refractivity contribution in [1.82, 2.24) is 0 Å². The quantitative estimate of drug-likeness (QED) is 0.697. The Hall–Kier alpha value is -1.44. The van der Waals surface area contributed by atoms with Crippen LogP contribution in [0, 0.1) is 5.41 Å². The predicted molar refractivity (Wildman–Crippen MR) is 71.5 cm³/mol. The van der Waals surface area contributed by atoms with Gasteiger partial charge in [-0.15, -0.1) is 0 Å². The minimum Gasteiger partial charge on any atom is -0.210 e. The van der Waals surface area contributed by atoms with Crippen LogP contribution >= 0.6 is 0 Å². The van der Waals surface area contributed by atoms with E-state index in [4.69, 9.17) is 0 Å². The summed E-state index contributed by atoms with van der Waals surface area (Å²) in [4.78, 5) is 0. The molecule has 0 amide bonds. The Kier molecular flexibility index (Phi) is 3.95. The lowest BCUT2D eigenvalue weighted by atomic mass is 9.76.